The number of hydrogen-bond acceptors (Lipinski definition) is 4. The van der Waals surface area contributed by atoms with E-state index >= 15 is 0 Å². The molecule has 0 spiro atoms. The van der Waals surface area contributed by atoms with Crippen LogP contribution >= 0.6 is 12.2 Å². The maximum atomic E-state index is 6.16. The normalized spacial score (nSPS) is 14.5. The fourth-order valence-electron chi connectivity index (χ4n) is 3.42. The van der Waals surface area contributed by atoms with E-state index in [1.54, 1.807) is 6.20 Å². The lowest BCUT2D eigenvalue weighted by atomic mass is 10.1. The average molecular weight is 417 g/mol. The number of aromatic nitrogens is 1. The van der Waals surface area contributed by atoms with Crippen molar-refractivity contribution in [1.82, 2.24) is 15.3 Å². The number of benzene rings is 2. The first kappa shape index (κ1) is 19.8. The number of nitrogens with two attached hydrogens (primary N) is 1. The minimum absolute atomic E-state index is 0.304. The number of piperazine rings is 1. The summed E-state index contributed by atoms with van der Waals surface area (Å²) in [6.45, 7) is 3.48. The Balaban J connectivity index is 1.35. The molecular weight excluding hydrogens is 392 g/mol. The number of amidine groups is 1. The van der Waals surface area contributed by atoms with Gasteiger partial charge in [0.2, 0.25) is 0 Å². The molecule has 3 N–H and O–H groups in total. The molecule has 3 aromatic rings. The molecule has 1 aromatic heterocycles. The standard InChI is InChI=1S/C23H24N6S/c24-22(21-17-19(11-12-25-21)18-7-3-1-4-8-18)26-27-23(30)29-15-13-28(14-16-29)20-9-5-2-6-10-20/h1-12,17H,13-16H2,(H2,24,26)(H,27,30). The van der Waals surface area contributed by atoms with Crippen LogP contribution in [0.25, 0.3) is 11.1 Å². The van der Waals surface area contributed by atoms with Gasteiger partial charge in [-0.15, -0.1) is 0 Å². The van der Waals surface area contributed by atoms with Crippen LogP contribution in [0.1, 0.15) is 5.69 Å². The van der Waals surface area contributed by atoms with Crippen LogP contribution in [0, 0.1) is 0 Å². The second-order valence-electron chi connectivity index (χ2n) is 7.02. The van der Waals surface area contributed by atoms with Crippen molar-refractivity contribution in [1.29, 1.82) is 0 Å². The fourth-order valence-corrected chi connectivity index (χ4v) is 3.65. The van der Waals surface area contributed by atoms with Gasteiger partial charge in [-0.25, -0.2) is 0 Å². The minimum atomic E-state index is 0.304. The summed E-state index contributed by atoms with van der Waals surface area (Å²) in [7, 11) is 0. The van der Waals surface area contributed by atoms with Gasteiger partial charge in [0.25, 0.3) is 0 Å². The van der Waals surface area contributed by atoms with Crippen molar-refractivity contribution in [2.45, 2.75) is 0 Å². The first-order chi connectivity index (χ1) is 14.7. The van der Waals surface area contributed by atoms with E-state index in [1.807, 2.05) is 36.4 Å². The number of para-hydroxylation sites is 1. The van der Waals surface area contributed by atoms with Crippen molar-refractivity contribution in [3.8, 4) is 11.1 Å². The van der Waals surface area contributed by atoms with E-state index in [-0.39, 0.29) is 0 Å². The predicted octanol–water partition coefficient (Wildman–Crippen LogP) is 3.07. The van der Waals surface area contributed by atoms with E-state index in [2.05, 4.69) is 61.7 Å². The molecule has 0 radical (unpaired) electrons. The van der Waals surface area contributed by atoms with Gasteiger partial charge in [0.15, 0.2) is 10.9 Å². The molecule has 0 saturated carbocycles. The maximum Gasteiger partial charge on any atom is 0.189 e. The van der Waals surface area contributed by atoms with Crippen molar-refractivity contribution in [2.24, 2.45) is 10.8 Å². The third-order valence-corrected chi connectivity index (χ3v) is 5.44. The van der Waals surface area contributed by atoms with E-state index in [1.165, 1.54) is 5.69 Å². The van der Waals surface area contributed by atoms with Gasteiger partial charge < -0.3 is 15.5 Å². The van der Waals surface area contributed by atoms with E-state index in [0.717, 1.165) is 37.3 Å². The summed E-state index contributed by atoms with van der Waals surface area (Å²) >= 11 is 5.51. The van der Waals surface area contributed by atoms with Gasteiger partial charge in [0, 0.05) is 38.1 Å². The van der Waals surface area contributed by atoms with Gasteiger partial charge in [-0.1, -0.05) is 48.5 Å². The molecular formula is C23H24N6S. The third-order valence-electron chi connectivity index (χ3n) is 5.09. The molecule has 1 aliphatic rings. The van der Waals surface area contributed by atoms with Crippen LogP contribution in [0.5, 0.6) is 0 Å². The van der Waals surface area contributed by atoms with Crippen molar-refractivity contribution in [2.75, 3.05) is 31.1 Å². The number of hydrogen-bond donors (Lipinski definition) is 2. The Morgan fingerprint density at radius 2 is 1.57 bits per heavy atom. The highest BCUT2D eigenvalue weighted by atomic mass is 32.1. The van der Waals surface area contributed by atoms with Gasteiger partial charge >= 0.3 is 0 Å². The molecule has 30 heavy (non-hydrogen) atoms. The minimum Gasteiger partial charge on any atom is -0.380 e. The van der Waals surface area contributed by atoms with Crippen molar-refractivity contribution < 1.29 is 0 Å². The Kier molecular flexibility index (Phi) is 6.20. The number of pyridine rings is 1. The lowest BCUT2D eigenvalue weighted by Crippen LogP contribution is -2.51. The Labute approximate surface area is 182 Å². The summed E-state index contributed by atoms with van der Waals surface area (Å²) in [5.41, 5.74) is 13.1. The summed E-state index contributed by atoms with van der Waals surface area (Å²) in [4.78, 5) is 8.81. The second kappa shape index (κ2) is 9.37. The zero-order valence-corrected chi connectivity index (χ0v) is 17.4. The molecule has 0 unspecified atom stereocenters. The molecule has 152 valence electrons. The Bertz CT molecular complexity index is 1010. The van der Waals surface area contributed by atoms with Crippen molar-refractivity contribution in [3.05, 3.63) is 84.7 Å². The van der Waals surface area contributed by atoms with Crippen LogP contribution in [0.3, 0.4) is 0 Å². The number of rotatable bonds is 4. The van der Waals surface area contributed by atoms with Crippen LogP contribution in [-0.4, -0.2) is 47.0 Å². The highest BCUT2D eigenvalue weighted by molar-refractivity contribution is 7.80. The Morgan fingerprint density at radius 3 is 2.27 bits per heavy atom. The summed E-state index contributed by atoms with van der Waals surface area (Å²) in [6, 6.07) is 24.4. The quantitative estimate of drug-likeness (QED) is 0.295. The van der Waals surface area contributed by atoms with E-state index < -0.39 is 0 Å². The lowest BCUT2D eigenvalue weighted by molar-refractivity contribution is 0.381. The van der Waals surface area contributed by atoms with Crippen molar-refractivity contribution in [3.63, 3.8) is 0 Å². The average Bonchev–Trinajstić information content (AvgIpc) is 2.83. The van der Waals surface area contributed by atoms with Crippen molar-refractivity contribution >= 4 is 28.9 Å². The number of nitrogens with one attached hydrogen (secondary N) is 1. The second-order valence-corrected chi connectivity index (χ2v) is 7.41. The van der Waals surface area contributed by atoms with Gasteiger partial charge in [-0.05, 0) is 47.6 Å². The maximum absolute atomic E-state index is 6.16. The molecule has 1 fully saturated rings. The summed E-state index contributed by atoms with van der Waals surface area (Å²) in [5.74, 6) is 0.304. The van der Waals surface area contributed by atoms with E-state index in [0.29, 0.717) is 16.6 Å². The monoisotopic (exact) mass is 416 g/mol. The molecule has 2 aromatic carbocycles. The smallest absolute Gasteiger partial charge is 0.189 e. The van der Waals surface area contributed by atoms with Crippen LogP contribution in [0.2, 0.25) is 0 Å². The Morgan fingerprint density at radius 1 is 0.900 bits per heavy atom. The molecule has 1 saturated heterocycles. The zero-order chi connectivity index (χ0) is 20.8. The van der Waals surface area contributed by atoms with Crippen LogP contribution in [0.4, 0.5) is 5.69 Å². The first-order valence-electron chi connectivity index (χ1n) is 9.90. The molecule has 6 nitrogen and oxygen atoms in total. The predicted molar refractivity (Wildman–Crippen MR) is 126 cm³/mol. The summed E-state index contributed by atoms with van der Waals surface area (Å²) < 4.78 is 0. The first-order valence-corrected chi connectivity index (χ1v) is 10.3. The topological polar surface area (TPSA) is 69.8 Å². The van der Waals surface area contributed by atoms with E-state index in [9.17, 15) is 0 Å². The van der Waals surface area contributed by atoms with Gasteiger partial charge in [-0.2, -0.15) is 5.10 Å². The largest absolute Gasteiger partial charge is 0.380 e. The lowest BCUT2D eigenvalue weighted by Gasteiger charge is -2.36. The molecule has 0 bridgehead atoms. The third kappa shape index (κ3) is 4.75. The number of anilines is 1. The summed E-state index contributed by atoms with van der Waals surface area (Å²) in [6.07, 6.45) is 1.74. The highest BCUT2D eigenvalue weighted by Gasteiger charge is 2.19. The Hall–Kier alpha value is -3.45. The molecule has 0 aliphatic carbocycles. The molecule has 7 heteroatoms. The molecule has 0 atom stereocenters. The molecule has 4 rings (SSSR count). The van der Waals surface area contributed by atoms with Crippen LogP contribution in [0.15, 0.2) is 84.1 Å². The van der Waals surface area contributed by atoms with E-state index in [4.69, 9.17) is 18.0 Å². The fraction of sp³-hybridized carbons (Fsp3) is 0.174. The van der Waals surface area contributed by atoms with Gasteiger partial charge in [0.1, 0.15) is 5.69 Å². The zero-order valence-electron chi connectivity index (χ0n) is 16.6. The van der Waals surface area contributed by atoms with Crippen LogP contribution < -0.4 is 16.1 Å². The molecule has 2 heterocycles. The SMILES string of the molecule is N/C(=N\NC(=S)N1CCN(c2ccccc2)CC1)c1cc(-c2ccccc2)ccn1. The van der Waals surface area contributed by atoms with Gasteiger partial charge in [-0.3, -0.25) is 10.4 Å². The highest BCUT2D eigenvalue weighted by Crippen LogP contribution is 2.19. The molecule has 0 amide bonds. The summed E-state index contributed by atoms with van der Waals surface area (Å²) in [5, 5.41) is 4.84. The number of thiocarbonyl (C=S) groups is 1. The number of nitrogens with zero attached hydrogens (tertiary/aromatic N) is 4. The van der Waals surface area contributed by atoms with Gasteiger partial charge in [0.05, 0.1) is 0 Å². The number of hydrazone groups is 1. The van der Waals surface area contributed by atoms with Crippen LogP contribution in [-0.2, 0) is 0 Å². The molecule has 1 aliphatic heterocycles.